The van der Waals surface area contributed by atoms with Crippen LogP contribution in [0.25, 0.3) is 0 Å². The minimum Gasteiger partial charge on any atom is -0.389 e. The van der Waals surface area contributed by atoms with Crippen LogP contribution in [0.15, 0.2) is 21.9 Å². The maximum Gasteiger partial charge on any atom is 0.469 e. The first-order chi connectivity index (χ1) is 10.2. The van der Waals surface area contributed by atoms with E-state index in [0.29, 0.717) is 0 Å². The molecule has 1 aromatic heterocycles. The molecule has 0 radical (unpaired) electrons. The summed E-state index contributed by atoms with van der Waals surface area (Å²) in [4.78, 5) is 42.3. The third-order valence-corrected chi connectivity index (χ3v) is 4.66. The number of aromatic amines is 1. The highest BCUT2D eigenvalue weighted by Gasteiger charge is 2.45. The zero-order valence-electron chi connectivity index (χ0n) is 11.4. The van der Waals surface area contributed by atoms with Crippen LogP contribution in [0.2, 0.25) is 0 Å². The number of hydrogen-bond donors (Lipinski definition) is 4. The van der Waals surface area contributed by atoms with Gasteiger partial charge in [0.2, 0.25) is 0 Å². The van der Waals surface area contributed by atoms with Gasteiger partial charge in [-0.15, -0.1) is 0 Å². The highest BCUT2D eigenvalue weighted by molar-refractivity contribution is 7.99. The lowest BCUT2D eigenvalue weighted by Crippen LogP contribution is -2.36. The van der Waals surface area contributed by atoms with E-state index in [9.17, 15) is 19.3 Å². The van der Waals surface area contributed by atoms with Crippen molar-refractivity contribution in [3.63, 3.8) is 0 Å². The lowest BCUT2D eigenvalue weighted by atomic mass is 10.2. The molecule has 0 spiro atoms. The van der Waals surface area contributed by atoms with Crippen molar-refractivity contribution in [1.29, 1.82) is 0 Å². The van der Waals surface area contributed by atoms with Crippen molar-refractivity contribution in [2.75, 3.05) is 12.9 Å². The third-order valence-electron chi connectivity index (χ3n) is 3.12. The number of rotatable bonds is 5. The van der Waals surface area contributed by atoms with Crippen molar-refractivity contribution >= 4 is 19.6 Å². The van der Waals surface area contributed by atoms with Crippen LogP contribution in [0.1, 0.15) is 6.23 Å². The Balaban J connectivity index is 2.23. The van der Waals surface area contributed by atoms with Crippen molar-refractivity contribution in [3.8, 4) is 0 Å². The average molecular weight is 354 g/mol. The fraction of sp³-hybridized carbons (Fsp3) is 0.600. The molecule has 4 atom stereocenters. The Morgan fingerprint density at radius 3 is 2.73 bits per heavy atom. The molecule has 0 aromatic carbocycles. The van der Waals surface area contributed by atoms with Crippen molar-refractivity contribution < 1.29 is 28.7 Å². The topological polar surface area (TPSA) is 151 Å². The van der Waals surface area contributed by atoms with Gasteiger partial charge in [0, 0.05) is 12.3 Å². The molecule has 22 heavy (non-hydrogen) atoms. The third kappa shape index (κ3) is 3.87. The van der Waals surface area contributed by atoms with Gasteiger partial charge in [-0.2, -0.15) is 11.8 Å². The largest absolute Gasteiger partial charge is 0.469 e. The summed E-state index contributed by atoms with van der Waals surface area (Å²) in [5.74, 6) is 0. The number of aromatic nitrogens is 2. The zero-order chi connectivity index (χ0) is 16.5. The summed E-state index contributed by atoms with van der Waals surface area (Å²) in [6.45, 7) is -0.531. The van der Waals surface area contributed by atoms with Crippen LogP contribution in [-0.2, 0) is 13.8 Å². The van der Waals surface area contributed by atoms with E-state index in [2.05, 4.69) is 9.51 Å². The fourth-order valence-electron chi connectivity index (χ4n) is 2.13. The number of ether oxygens (including phenoxy) is 1. The van der Waals surface area contributed by atoms with E-state index in [1.165, 1.54) is 18.0 Å². The molecular weight excluding hydrogens is 339 g/mol. The first-order valence-corrected chi connectivity index (χ1v) is 8.92. The Kier molecular flexibility index (Phi) is 5.28. The number of nitrogens with zero attached hydrogens (tertiary/aromatic N) is 1. The minimum absolute atomic E-state index is 0.531. The Morgan fingerprint density at radius 2 is 2.18 bits per heavy atom. The molecule has 1 aliphatic rings. The molecular formula is C10H15N2O8PS. The number of nitrogens with one attached hydrogen (secondary N) is 1. The monoisotopic (exact) mass is 354 g/mol. The van der Waals surface area contributed by atoms with Gasteiger partial charge in [-0.05, 0) is 6.26 Å². The number of thioether (sulfide) groups is 1. The first kappa shape index (κ1) is 17.4. The SMILES string of the molecule is CS[C@@H]1[C@H](O)[C@@H](COP(=O)(O)O)O[C@H]1n1ccc(=O)[nH]c1=O. The van der Waals surface area contributed by atoms with E-state index in [1.54, 1.807) is 6.26 Å². The molecule has 1 aliphatic heterocycles. The molecule has 0 unspecified atom stereocenters. The first-order valence-electron chi connectivity index (χ1n) is 6.11. The van der Waals surface area contributed by atoms with E-state index >= 15 is 0 Å². The number of phosphoric ester groups is 1. The Labute approximate surface area is 128 Å². The molecule has 0 saturated carbocycles. The summed E-state index contributed by atoms with van der Waals surface area (Å²) in [7, 11) is -4.69. The molecule has 0 bridgehead atoms. The molecule has 1 aromatic rings. The van der Waals surface area contributed by atoms with Gasteiger partial charge < -0.3 is 19.6 Å². The number of aliphatic hydroxyl groups excluding tert-OH is 1. The maximum absolute atomic E-state index is 11.8. The maximum atomic E-state index is 11.8. The Bertz CT molecular complexity index is 684. The summed E-state index contributed by atoms with van der Waals surface area (Å²) in [5, 5.41) is 9.58. The molecule has 10 nitrogen and oxygen atoms in total. The molecule has 124 valence electrons. The fourth-order valence-corrected chi connectivity index (χ4v) is 3.36. The predicted molar refractivity (Wildman–Crippen MR) is 76.5 cm³/mol. The summed E-state index contributed by atoms with van der Waals surface area (Å²) in [6, 6.07) is 1.13. The van der Waals surface area contributed by atoms with Crippen LogP contribution >= 0.6 is 19.6 Å². The second-order valence-corrected chi connectivity index (χ2v) is 6.81. The van der Waals surface area contributed by atoms with Crippen molar-refractivity contribution in [2.24, 2.45) is 0 Å². The molecule has 2 rings (SSSR count). The van der Waals surface area contributed by atoms with Gasteiger partial charge in [-0.25, -0.2) is 9.36 Å². The van der Waals surface area contributed by atoms with Crippen molar-refractivity contribution in [2.45, 2.75) is 23.7 Å². The number of phosphoric acid groups is 1. The van der Waals surface area contributed by atoms with Gasteiger partial charge in [-0.1, -0.05) is 0 Å². The van der Waals surface area contributed by atoms with Crippen molar-refractivity contribution in [3.05, 3.63) is 33.1 Å². The highest BCUT2D eigenvalue weighted by Crippen LogP contribution is 2.40. The predicted octanol–water partition coefficient (Wildman–Crippen LogP) is -1.36. The summed E-state index contributed by atoms with van der Waals surface area (Å²) in [5.41, 5.74) is -1.28. The summed E-state index contributed by atoms with van der Waals surface area (Å²) in [6.07, 6.45) is -0.111. The van der Waals surface area contributed by atoms with Gasteiger partial charge in [0.25, 0.3) is 5.56 Å². The number of H-pyrrole nitrogens is 1. The highest BCUT2D eigenvalue weighted by atomic mass is 32.2. The van der Waals surface area contributed by atoms with Crippen LogP contribution in [-0.4, -0.2) is 54.8 Å². The second-order valence-electron chi connectivity index (χ2n) is 4.56. The van der Waals surface area contributed by atoms with Crippen LogP contribution in [0.5, 0.6) is 0 Å². The van der Waals surface area contributed by atoms with Gasteiger partial charge in [0.15, 0.2) is 6.23 Å². The molecule has 2 heterocycles. The van der Waals surface area contributed by atoms with E-state index in [4.69, 9.17) is 14.5 Å². The quantitative estimate of drug-likeness (QED) is 0.470. The molecule has 12 heteroatoms. The molecule has 1 saturated heterocycles. The normalized spacial score (nSPS) is 28.9. The van der Waals surface area contributed by atoms with Gasteiger partial charge >= 0.3 is 13.5 Å². The Morgan fingerprint density at radius 1 is 1.50 bits per heavy atom. The van der Waals surface area contributed by atoms with Crippen LogP contribution in [0, 0.1) is 0 Å². The van der Waals surface area contributed by atoms with Crippen LogP contribution in [0.3, 0.4) is 0 Å². The van der Waals surface area contributed by atoms with Gasteiger partial charge in [0.1, 0.15) is 6.10 Å². The van der Waals surface area contributed by atoms with Gasteiger partial charge in [0.05, 0.1) is 18.0 Å². The standard InChI is InChI=1S/C10H15N2O8PS/c1-22-8-7(14)5(4-19-21(16,17)18)20-9(8)12-3-2-6(13)11-10(12)15/h2-3,5,7-9,14H,4H2,1H3,(H,11,13,15)(H2,16,17,18)/t5-,7-,8-,9-/m1/s1. The molecule has 0 aliphatic carbocycles. The lowest BCUT2D eigenvalue weighted by Gasteiger charge is -2.19. The second kappa shape index (κ2) is 6.67. The van der Waals surface area contributed by atoms with Gasteiger partial charge in [-0.3, -0.25) is 18.9 Å². The number of aliphatic hydroxyl groups is 1. The Hall–Kier alpha value is -0.940. The summed E-state index contributed by atoms with van der Waals surface area (Å²) >= 11 is 1.22. The van der Waals surface area contributed by atoms with Crippen molar-refractivity contribution in [1.82, 2.24) is 9.55 Å². The molecule has 1 fully saturated rings. The van der Waals surface area contributed by atoms with E-state index in [0.717, 1.165) is 10.6 Å². The molecule has 4 N–H and O–H groups in total. The van der Waals surface area contributed by atoms with E-state index in [1.807, 2.05) is 0 Å². The lowest BCUT2D eigenvalue weighted by molar-refractivity contribution is -0.0448. The number of hydrogen-bond acceptors (Lipinski definition) is 7. The van der Waals surface area contributed by atoms with E-state index < -0.39 is 49.4 Å². The molecule has 0 amide bonds. The van der Waals surface area contributed by atoms with Crippen LogP contribution in [0.4, 0.5) is 0 Å². The van der Waals surface area contributed by atoms with E-state index in [-0.39, 0.29) is 0 Å². The average Bonchev–Trinajstić information content (AvgIpc) is 2.72. The summed E-state index contributed by atoms with van der Waals surface area (Å²) < 4.78 is 21.6. The smallest absolute Gasteiger partial charge is 0.389 e. The minimum atomic E-state index is -4.69. The van der Waals surface area contributed by atoms with Crippen LogP contribution < -0.4 is 11.2 Å². The zero-order valence-corrected chi connectivity index (χ0v) is 13.1.